The van der Waals surface area contributed by atoms with Crippen molar-refractivity contribution in [1.29, 1.82) is 0 Å². The van der Waals surface area contributed by atoms with E-state index in [0.29, 0.717) is 11.8 Å². The molecule has 0 aromatic heterocycles. The molecule has 1 aliphatic heterocycles. The lowest BCUT2D eigenvalue weighted by molar-refractivity contribution is 0.354. The van der Waals surface area contributed by atoms with Crippen LogP contribution in [-0.4, -0.2) is 27.3 Å². The molecule has 1 aliphatic rings. The lowest BCUT2D eigenvalue weighted by Gasteiger charge is -2.20. The molecule has 2 aromatic carbocycles. The van der Waals surface area contributed by atoms with Gasteiger partial charge in [-0.1, -0.05) is 36.4 Å². The SMILES string of the molecule is COc1ccc([C@H]2CNC[C@@H]2Cc2ccccc2)cc1OC. The molecule has 3 rings (SSSR count). The van der Waals surface area contributed by atoms with Crippen molar-refractivity contribution in [3.63, 3.8) is 0 Å². The van der Waals surface area contributed by atoms with Crippen LogP contribution in [0.15, 0.2) is 48.5 Å². The zero-order valence-electron chi connectivity index (χ0n) is 13.2. The van der Waals surface area contributed by atoms with Crippen LogP contribution in [0.25, 0.3) is 0 Å². The van der Waals surface area contributed by atoms with Crippen LogP contribution in [0.5, 0.6) is 11.5 Å². The second-order valence-electron chi connectivity index (χ2n) is 5.83. The van der Waals surface area contributed by atoms with Gasteiger partial charge >= 0.3 is 0 Å². The average molecular weight is 297 g/mol. The largest absolute Gasteiger partial charge is 0.493 e. The predicted octanol–water partition coefficient (Wildman–Crippen LogP) is 3.25. The van der Waals surface area contributed by atoms with Gasteiger partial charge in [0, 0.05) is 12.5 Å². The van der Waals surface area contributed by atoms with E-state index in [0.717, 1.165) is 31.0 Å². The summed E-state index contributed by atoms with van der Waals surface area (Å²) in [4.78, 5) is 0. The summed E-state index contributed by atoms with van der Waals surface area (Å²) >= 11 is 0. The van der Waals surface area contributed by atoms with Crippen LogP contribution in [0.4, 0.5) is 0 Å². The summed E-state index contributed by atoms with van der Waals surface area (Å²) in [7, 11) is 3.36. The first-order chi connectivity index (χ1) is 10.8. The van der Waals surface area contributed by atoms with Crippen molar-refractivity contribution in [3.8, 4) is 11.5 Å². The van der Waals surface area contributed by atoms with E-state index in [9.17, 15) is 0 Å². The van der Waals surface area contributed by atoms with Crippen molar-refractivity contribution in [2.75, 3.05) is 27.3 Å². The molecule has 1 heterocycles. The zero-order valence-corrected chi connectivity index (χ0v) is 13.2. The minimum atomic E-state index is 0.514. The molecule has 0 bridgehead atoms. The number of nitrogens with one attached hydrogen (secondary N) is 1. The highest BCUT2D eigenvalue weighted by atomic mass is 16.5. The monoisotopic (exact) mass is 297 g/mol. The normalized spacial score (nSPS) is 20.8. The van der Waals surface area contributed by atoms with Gasteiger partial charge in [-0.3, -0.25) is 0 Å². The Morgan fingerprint density at radius 3 is 2.45 bits per heavy atom. The summed E-state index contributed by atoms with van der Waals surface area (Å²) in [5.41, 5.74) is 2.73. The lowest BCUT2D eigenvalue weighted by Crippen LogP contribution is -2.14. The predicted molar refractivity (Wildman–Crippen MR) is 88.8 cm³/mol. The fraction of sp³-hybridized carbons (Fsp3) is 0.368. The Hall–Kier alpha value is -2.00. The third-order valence-electron chi connectivity index (χ3n) is 4.52. The van der Waals surface area contributed by atoms with Crippen LogP contribution in [0.2, 0.25) is 0 Å². The first-order valence-electron chi connectivity index (χ1n) is 7.78. The molecule has 1 N–H and O–H groups in total. The Labute approximate surface area is 132 Å². The lowest BCUT2D eigenvalue weighted by atomic mass is 9.84. The smallest absolute Gasteiger partial charge is 0.160 e. The number of ether oxygens (including phenoxy) is 2. The Bertz CT molecular complexity index is 612. The molecule has 1 fully saturated rings. The van der Waals surface area contributed by atoms with Gasteiger partial charge in [0.1, 0.15) is 0 Å². The molecule has 0 aliphatic carbocycles. The minimum absolute atomic E-state index is 0.514. The molecule has 2 aromatic rings. The molecule has 0 spiro atoms. The Kier molecular flexibility index (Phi) is 4.64. The first kappa shape index (κ1) is 14.9. The molecular weight excluding hydrogens is 274 g/mol. The van der Waals surface area contributed by atoms with Crippen molar-refractivity contribution in [3.05, 3.63) is 59.7 Å². The van der Waals surface area contributed by atoms with Gasteiger partial charge in [-0.15, -0.1) is 0 Å². The van der Waals surface area contributed by atoms with Crippen molar-refractivity contribution in [2.45, 2.75) is 12.3 Å². The van der Waals surface area contributed by atoms with Gasteiger partial charge in [0.05, 0.1) is 14.2 Å². The molecule has 2 atom stereocenters. The third-order valence-corrected chi connectivity index (χ3v) is 4.52. The van der Waals surface area contributed by atoms with Gasteiger partial charge in [-0.25, -0.2) is 0 Å². The molecule has 3 nitrogen and oxygen atoms in total. The van der Waals surface area contributed by atoms with Crippen molar-refractivity contribution >= 4 is 0 Å². The summed E-state index contributed by atoms with van der Waals surface area (Å²) in [6.45, 7) is 2.08. The fourth-order valence-electron chi connectivity index (χ4n) is 3.34. The Morgan fingerprint density at radius 1 is 0.955 bits per heavy atom. The fourth-order valence-corrected chi connectivity index (χ4v) is 3.34. The van der Waals surface area contributed by atoms with E-state index >= 15 is 0 Å². The summed E-state index contributed by atoms with van der Waals surface area (Å²) < 4.78 is 10.8. The number of benzene rings is 2. The van der Waals surface area contributed by atoms with Crippen LogP contribution in [0.1, 0.15) is 17.0 Å². The van der Waals surface area contributed by atoms with E-state index in [1.165, 1.54) is 11.1 Å². The highest BCUT2D eigenvalue weighted by molar-refractivity contribution is 5.44. The Balaban J connectivity index is 1.81. The van der Waals surface area contributed by atoms with Crippen molar-refractivity contribution in [1.82, 2.24) is 5.32 Å². The molecule has 22 heavy (non-hydrogen) atoms. The topological polar surface area (TPSA) is 30.5 Å². The highest BCUT2D eigenvalue weighted by Gasteiger charge is 2.29. The van der Waals surface area contributed by atoms with E-state index < -0.39 is 0 Å². The highest BCUT2D eigenvalue weighted by Crippen LogP contribution is 2.36. The van der Waals surface area contributed by atoms with Crippen LogP contribution in [-0.2, 0) is 6.42 Å². The number of hydrogen-bond acceptors (Lipinski definition) is 3. The van der Waals surface area contributed by atoms with Gasteiger partial charge in [-0.2, -0.15) is 0 Å². The maximum Gasteiger partial charge on any atom is 0.160 e. The van der Waals surface area contributed by atoms with E-state index in [1.807, 2.05) is 6.07 Å². The third kappa shape index (κ3) is 3.09. The molecule has 0 radical (unpaired) electrons. The van der Waals surface area contributed by atoms with Gasteiger partial charge < -0.3 is 14.8 Å². The molecule has 1 saturated heterocycles. The second kappa shape index (κ2) is 6.84. The second-order valence-corrected chi connectivity index (χ2v) is 5.83. The van der Waals surface area contributed by atoms with Crippen LogP contribution < -0.4 is 14.8 Å². The maximum atomic E-state index is 5.44. The minimum Gasteiger partial charge on any atom is -0.493 e. The van der Waals surface area contributed by atoms with Gasteiger partial charge in [0.25, 0.3) is 0 Å². The average Bonchev–Trinajstić information content (AvgIpc) is 3.03. The van der Waals surface area contributed by atoms with Gasteiger partial charge in [-0.05, 0) is 42.1 Å². The van der Waals surface area contributed by atoms with Gasteiger partial charge in [0.15, 0.2) is 11.5 Å². The number of methoxy groups -OCH3 is 2. The number of rotatable bonds is 5. The summed E-state index contributed by atoms with van der Waals surface area (Å²) in [6.07, 6.45) is 1.10. The molecule has 0 unspecified atom stereocenters. The standard InChI is InChI=1S/C19H23NO2/c1-21-18-9-8-15(11-19(18)22-2)17-13-20-12-16(17)10-14-6-4-3-5-7-14/h3-9,11,16-17,20H,10,12-13H2,1-2H3/t16-,17+/m0/s1. The van der Waals surface area contributed by atoms with E-state index in [4.69, 9.17) is 9.47 Å². The molecule has 0 saturated carbocycles. The van der Waals surface area contributed by atoms with E-state index in [-0.39, 0.29) is 0 Å². The molecule has 116 valence electrons. The number of hydrogen-bond donors (Lipinski definition) is 1. The van der Waals surface area contributed by atoms with Crippen LogP contribution in [0.3, 0.4) is 0 Å². The van der Waals surface area contributed by atoms with Crippen molar-refractivity contribution < 1.29 is 9.47 Å². The van der Waals surface area contributed by atoms with E-state index in [2.05, 4.69) is 47.8 Å². The summed E-state index contributed by atoms with van der Waals surface area (Å²) in [5.74, 6) is 2.72. The summed E-state index contributed by atoms with van der Waals surface area (Å²) in [6, 6.07) is 17.0. The zero-order chi connectivity index (χ0) is 15.4. The van der Waals surface area contributed by atoms with Crippen LogP contribution in [0, 0.1) is 5.92 Å². The van der Waals surface area contributed by atoms with Crippen molar-refractivity contribution in [2.24, 2.45) is 5.92 Å². The van der Waals surface area contributed by atoms with Gasteiger partial charge in [0.2, 0.25) is 0 Å². The van der Waals surface area contributed by atoms with Crippen LogP contribution >= 0.6 is 0 Å². The first-order valence-corrected chi connectivity index (χ1v) is 7.78. The Morgan fingerprint density at radius 2 is 1.73 bits per heavy atom. The molecule has 3 heteroatoms. The molecular formula is C19H23NO2. The molecule has 0 amide bonds. The van der Waals surface area contributed by atoms with E-state index in [1.54, 1.807) is 14.2 Å². The summed E-state index contributed by atoms with van der Waals surface area (Å²) in [5, 5.41) is 3.54. The quantitative estimate of drug-likeness (QED) is 0.919. The maximum absolute atomic E-state index is 5.44.